The fourth-order valence-electron chi connectivity index (χ4n) is 2.47. The van der Waals surface area contributed by atoms with E-state index in [1.54, 1.807) is 17.8 Å². The van der Waals surface area contributed by atoms with Gasteiger partial charge in [-0.3, -0.25) is 0 Å². The molecule has 0 amide bonds. The third-order valence-electron chi connectivity index (χ3n) is 4.89. The van der Waals surface area contributed by atoms with Gasteiger partial charge in [0.15, 0.2) is 13.3 Å². The lowest BCUT2D eigenvalue weighted by Crippen LogP contribution is -2.50. The van der Waals surface area contributed by atoms with Crippen molar-refractivity contribution in [1.29, 1.82) is 0 Å². The van der Waals surface area contributed by atoms with Gasteiger partial charge in [-0.15, -0.1) is 0 Å². The molecule has 23 heavy (non-hydrogen) atoms. The second kappa shape index (κ2) is 6.31. The number of hydrogen-bond acceptors (Lipinski definition) is 4. The topological polar surface area (TPSA) is 64.4 Å². The molecular weight excluding hydrogens is 330 g/mol. The molecule has 0 bridgehead atoms. The van der Waals surface area contributed by atoms with Crippen molar-refractivity contribution >= 4 is 18.3 Å². The van der Waals surface area contributed by atoms with Crippen LogP contribution in [0.5, 0.6) is 0 Å². The number of rotatable bonds is 4. The van der Waals surface area contributed by atoms with Gasteiger partial charge in [0.1, 0.15) is 0 Å². The van der Waals surface area contributed by atoms with Crippen LogP contribution < -0.4 is 0 Å². The normalized spacial score (nSPS) is 21.6. The minimum Gasteiger partial charge on any atom is -0.413 e. The van der Waals surface area contributed by atoms with Crippen LogP contribution in [0.4, 0.5) is 0 Å². The summed E-state index contributed by atoms with van der Waals surface area (Å²) in [5.74, 6) is 0. The van der Waals surface area contributed by atoms with Crippen LogP contribution in [0, 0.1) is 0 Å². The lowest BCUT2D eigenvalue weighted by atomic mass is 10.1. The maximum Gasteiger partial charge on any atom is 0.262 e. The zero-order chi connectivity index (χ0) is 17.5. The van der Waals surface area contributed by atoms with Crippen molar-refractivity contribution < 1.29 is 12.8 Å². The first-order chi connectivity index (χ1) is 10.4. The molecule has 0 aliphatic carbocycles. The van der Waals surface area contributed by atoms with E-state index in [0.717, 1.165) is 12.8 Å². The summed E-state index contributed by atoms with van der Waals surface area (Å²) in [7, 11) is -3.66. The zero-order valence-electron chi connectivity index (χ0n) is 15.0. The molecule has 2 heterocycles. The van der Waals surface area contributed by atoms with Gasteiger partial charge in [0.05, 0.1) is 12.4 Å². The Bertz CT molecular complexity index is 649. The van der Waals surface area contributed by atoms with Crippen LogP contribution in [0.2, 0.25) is 18.1 Å². The van der Waals surface area contributed by atoms with Gasteiger partial charge in [-0.1, -0.05) is 20.8 Å². The van der Waals surface area contributed by atoms with Crippen LogP contribution >= 0.6 is 0 Å². The average molecular weight is 360 g/mol. The van der Waals surface area contributed by atoms with Crippen LogP contribution in [-0.4, -0.2) is 49.8 Å². The van der Waals surface area contributed by atoms with Crippen LogP contribution in [-0.2, 0) is 21.5 Å². The molecule has 1 atom stereocenters. The summed E-state index contributed by atoms with van der Waals surface area (Å²) < 4.78 is 35.0. The van der Waals surface area contributed by atoms with Crippen molar-refractivity contribution in [3.8, 4) is 0 Å². The van der Waals surface area contributed by atoms with Crippen molar-refractivity contribution in [2.45, 2.75) is 62.9 Å². The molecular formula is C15H29N3O3SSi. The molecule has 0 radical (unpaired) electrons. The fraction of sp³-hybridized carbons (Fsp3) is 0.800. The molecule has 132 valence electrons. The van der Waals surface area contributed by atoms with E-state index in [0.29, 0.717) is 13.1 Å². The average Bonchev–Trinajstić information content (AvgIpc) is 2.84. The van der Waals surface area contributed by atoms with Crippen molar-refractivity contribution in [1.82, 2.24) is 13.9 Å². The van der Waals surface area contributed by atoms with E-state index >= 15 is 0 Å². The third-order valence-corrected chi connectivity index (χ3v) is 11.2. The van der Waals surface area contributed by atoms with Crippen LogP contribution in [0.25, 0.3) is 0 Å². The predicted molar refractivity (Wildman–Crippen MR) is 93.3 cm³/mol. The van der Waals surface area contributed by atoms with Crippen LogP contribution in [0.3, 0.4) is 0 Å². The maximum atomic E-state index is 12.7. The predicted octanol–water partition coefficient (Wildman–Crippen LogP) is 2.59. The molecule has 1 aliphatic heterocycles. The van der Waals surface area contributed by atoms with E-state index in [1.807, 2.05) is 0 Å². The van der Waals surface area contributed by atoms with E-state index in [-0.39, 0.29) is 16.2 Å². The van der Waals surface area contributed by atoms with Crippen molar-refractivity contribution in [2.75, 3.05) is 13.1 Å². The van der Waals surface area contributed by atoms with Gasteiger partial charge in [-0.25, -0.2) is 13.4 Å². The first-order valence-electron chi connectivity index (χ1n) is 8.09. The molecule has 1 unspecified atom stereocenters. The van der Waals surface area contributed by atoms with Gasteiger partial charge in [0, 0.05) is 26.3 Å². The summed E-state index contributed by atoms with van der Waals surface area (Å²) in [6, 6.07) is 0. The molecule has 2 rings (SSSR count). The van der Waals surface area contributed by atoms with Gasteiger partial charge in [-0.05, 0) is 31.0 Å². The van der Waals surface area contributed by atoms with Crippen molar-refractivity contribution in [2.24, 2.45) is 7.05 Å². The first kappa shape index (κ1) is 18.6. The molecule has 1 aromatic rings. The first-order valence-corrected chi connectivity index (χ1v) is 12.4. The SMILES string of the molecule is Cn1cnc(S(=O)(=O)N2CCCC(O[Si](C)(C)C(C)(C)C)C2)c1. The molecule has 6 nitrogen and oxygen atoms in total. The zero-order valence-corrected chi connectivity index (χ0v) is 16.9. The van der Waals surface area contributed by atoms with E-state index in [2.05, 4.69) is 38.8 Å². The van der Waals surface area contributed by atoms with Crippen LogP contribution in [0.15, 0.2) is 17.6 Å². The van der Waals surface area contributed by atoms with Gasteiger partial charge < -0.3 is 8.99 Å². The summed E-state index contributed by atoms with van der Waals surface area (Å²) in [6.45, 7) is 12.0. The molecule has 1 aliphatic rings. The minimum absolute atomic E-state index is 0.0249. The second-order valence-corrected chi connectivity index (χ2v) is 14.5. The van der Waals surface area contributed by atoms with Crippen molar-refractivity contribution in [3.05, 3.63) is 12.5 Å². The molecule has 1 aromatic heterocycles. The largest absolute Gasteiger partial charge is 0.413 e. The number of imidazole rings is 1. The summed E-state index contributed by atoms with van der Waals surface area (Å²) in [6.07, 6.45) is 4.78. The van der Waals surface area contributed by atoms with Crippen molar-refractivity contribution in [3.63, 3.8) is 0 Å². The Kier molecular flexibility index (Phi) is 5.11. The van der Waals surface area contributed by atoms with Gasteiger partial charge in [0.2, 0.25) is 0 Å². The van der Waals surface area contributed by atoms with Gasteiger partial charge >= 0.3 is 0 Å². The Hall–Kier alpha value is -0.703. The molecule has 8 heteroatoms. The van der Waals surface area contributed by atoms with Crippen LogP contribution in [0.1, 0.15) is 33.6 Å². The summed E-state index contributed by atoms with van der Waals surface area (Å²) in [5, 5.41) is 0.239. The van der Waals surface area contributed by atoms with Gasteiger partial charge in [0.25, 0.3) is 10.0 Å². The highest BCUT2D eigenvalue weighted by atomic mass is 32.2. The van der Waals surface area contributed by atoms with E-state index < -0.39 is 18.3 Å². The Balaban J connectivity index is 2.12. The number of aromatic nitrogens is 2. The monoisotopic (exact) mass is 359 g/mol. The molecule has 0 spiro atoms. The van der Waals surface area contributed by atoms with E-state index in [9.17, 15) is 8.42 Å². The Morgan fingerprint density at radius 2 is 2.00 bits per heavy atom. The second-order valence-electron chi connectivity index (χ2n) is 7.88. The minimum atomic E-state index is -3.53. The van der Waals surface area contributed by atoms with E-state index in [4.69, 9.17) is 4.43 Å². The molecule has 1 fully saturated rings. The maximum absolute atomic E-state index is 12.7. The number of sulfonamides is 1. The fourth-order valence-corrected chi connectivity index (χ4v) is 5.32. The Morgan fingerprint density at radius 3 is 2.52 bits per heavy atom. The lowest BCUT2D eigenvalue weighted by Gasteiger charge is -2.42. The highest BCUT2D eigenvalue weighted by molar-refractivity contribution is 7.89. The Labute approximate surface area is 141 Å². The standard InChI is InChI=1S/C15H29N3O3SSi/c1-15(2,3)23(5,6)21-13-8-7-9-18(10-13)22(19,20)14-11-17(4)12-16-14/h11-13H,7-10H2,1-6H3. The molecule has 1 saturated heterocycles. The summed E-state index contributed by atoms with van der Waals surface area (Å²) >= 11 is 0. The number of piperidine rings is 1. The highest BCUT2D eigenvalue weighted by Gasteiger charge is 2.41. The number of aryl methyl sites for hydroxylation is 1. The third kappa shape index (κ3) is 4.04. The highest BCUT2D eigenvalue weighted by Crippen LogP contribution is 2.38. The smallest absolute Gasteiger partial charge is 0.262 e. The quantitative estimate of drug-likeness (QED) is 0.775. The summed E-state index contributed by atoms with van der Waals surface area (Å²) in [5.41, 5.74) is 0. The number of hydrogen-bond donors (Lipinski definition) is 0. The summed E-state index contributed by atoms with van der Waals surface area (Å²) in [4.78, 5) is 4.00. The molecule has 0 N–H and O–H groups in total. The number of nitrogens with zero attached hydrogens (tertiary/aromatic N) is 3. The Morgan fingerprint density at radius 1 is 1.35 bits per heavy atom. The van der Waals surface area contributed by atoms with E-state index in [1.165, 1.54) is 10.6 Å². The molecule has 0 aromatic carbocycles. The lowest BCUT2D eigenvalue weighted by molar-refractivity contribution is 0.115. The van der Waals surface area contributed by atoms with Gasteiger partial charge in [-0.2, -0.15) is 4.31 Å². The molecule has 0 saturated carbocycles.